The summed E-state index contributed by atoms with van der Waals surface area (Å²) in [5.41, 5.74) is 0.232. The minimum atomic E-state index is -0.271. The van der Waals surface area contributed by atoms with E-state index in [1.807, 2.05) is 24.6 Å². The first-order chi connectivity index (χ1) is 10.5. The van der Waals surface area contributed by atoms with Crippen LogP contribution in [0.1, 0.15) is 43.0 Å². The van der Waals surface area contributed by atoms with E-state index in [1.165, 1.54) is 6.20 Å². The van der Waals surface area contributed by atoms with Crippen LogP contribution in [0.15, 0.2) is 24.9 Å². The van der Waals surface area contributed by atoms with Gasteiger partial charge in [-0.15, -0.1) is 0 Å². The van der Waals surface area contributed by atoms with E-state index < -0.39 is 0 Å². The first kappa shape index (κ1) is 16.4. The second kappa shape index (κ2) is 7.35. The maximum atomic E-state index is 12.2. The van der Waals surface area contributed by atoms with Gasteiger partial charge in [0, 0.05) is 31.4 Å². The molecule has 22 heavy (non-hydrogen) atoms. The van der Waals surface area contributed by atoms with Crippen LogP contribution in [0.4, 0.5) is 0 Å². The van der Waals surface area contributed by atoms with E-state index in [4.69, 9.17) is 11.6 Å². The van der Waals surface area contributed by atoms with E-state index >= 15 is 0 Å². The lowest BCUT2D eigenvalue weighted by molar-refractivity contribution is 0.0941. The molecule has 2 heterocycles. The molecule has 0 aliphatic carbocycles. The topological polar surface area (TPSA) is 72.7 Å². The van der Waals surface area contributed by atoms with Crippen molar-refractivity contribution in [1.82, 2.24) is 24.8 Å². The molecule has 0 saturated carbocycles. The van der Waals surface area contributed by atoms with Crippen molar-refractivity contribution >= 4 is 17.5 Å². The van der Waals surface area contributed by atoms with Gasteiger partial charge in [0.05, 0.1) is 17.5 Å². The van der Waals surface area contributed by atoms with Crippen molar-refractivity contribution in [2.75, 3.05) is 6.54 Å². The third kappa shape index (κ3) is 4.27. The SMILES string of the molecule is CC(CNC(=O)c1nc(C(C)C)ncc1Cl)Cn1ccnc1. The number of amides is 1. The Morgan fingerprint density at radius 1 is 1.41 bits per heavy atom. The van der Waals surface area contributed by atoms with Crippen molar-refractivity contribution in [3.8, 4) is 0 Å². The zero-order chi connectivity index (χ0) is 16.1. The molecule has 0 fully saturated rings. The minimum absolute atomic E-state index is 0.143. The molecule has 118 valence electrons. The summed E-state index contributed by atoms with van der Waals surface area (Å²) < 4.78 is 1.98. The number of rotatable bonds is 6. The first-order valence-electron chi connectivity index (χ1n) is 7.23. The van der Waals surface area contributed by atoms with Gasteiger partial charge in [-0.25, -0.2) is 15.0 Å². The number of nitrogens with zero attached hydrogens (tertiary/aromatic N) is 4. The van der Waals surface area contributed by atoms with Gasteiger partial charge in [-0.3, -0.25) is 4.79 Å². The molecule has 0 aliphatic rings. The summed E-state index contributed by atoms with van der Waals surface area (Å²) in [6.07, 6.45) is 6.87. The molecular formula is C15H20ClN5O. The third-order valence-corrected chi connectivity index (χ3v) is 3.46. The maximum Gasteiger partial charge on any atom is 0.271 e. The number of hydrogen-bond donors (Lipinski definition) is 1. The highest BCUT2D eigenvalue weighted by atomic mass is 35.5. The van der Waals surface area contributed by atoms with Crippen LogP contribution in [0.5, 0.6) is 0 Å². The van der Waals surface area contributed by atoms with Crippen LogP contribution in [0.3, 0.4) is 0 Å². The summed E-state index contributed by atoms with van der Waals surface area (Å²) in [5.74, 6) is 0.750. The van der Waals surface area contributed by atoms with Crippen LogP contribution >= 0.6 is 11.6 Å². The molecule has 0 spiro atoms. The van der Waals surface area contributed by atoms with Crippen molar-refractivity contribution in [2.24, 2.45) is 5.92 Å². The molecule has 2 rings (SSSR count). The Kier molecular flexibility index (Phi) is 5.49. The van der Waals surface area contributed by atoms with E-state index in [-0.39, 0.29) is 28.5 Å². The van der Waals surface area contributed by atoms with Gasteiger partial charge in [0.1, 0.15) is 11.5 Å². The molecule has 0 aliphatic heterocycles. The predicted molar refractivity (Wildman–Crippen MR) is 84.9 cm³/mol. The molecule has 1 unspecified atom stereocenters. The molecule has 1 N–H and O–H groups in total. The second-order valence-corrected chi connectivity index (χ2v) is 6.06. The largest absolute Gasteiger partial charge is 0.350 e. The number of halogens is 1. The van der Waals surface area contributed by atoms with Gasteiger partial charge < -0.3 is 9.88 Å². The monoisotopic (exact) mass is 321 g/mol. The Hall–Kier alpha value is -1.95. The fraction of sp³-hybridized carbons (Fsp3) is 0.467. The summed E-state index contributed by atoms with van der Waals surface area (Å²) in [4.78, 5) is 24.6. The van der Waals surface area contributed by atoms with Crippen molar-refractivity contribution in [3.05, 3.63) is 41.5 Å². The Morgan fingerprint density at radius 3 is 2.82 bits per heavy atom. The van der Waals surface area contributed by atoms with Crippen molar-refractivity contribution < 1.29 is 4.79 Å². The lowest BCUT2D eigenvalue weighted by Crippen LogP contribution is -2.31. The normalized spacial score (nSPS) is 12.4. The zero-order valence-electron chi connectivity index (χ0n) is 13.0. The molecule has 0 aromatic carbocycles. The van der Waals surface area contributed by atoms with Crippen LogP contribution in [0.2, 0.25) is 5.02 Å². The minimum Gasteiger partial charge on any atom is -0.350 e. The Bertz CT molecular complexity index is 627. The summed E-state index contributed by atoms with van der Waals surface area (Å²) in [7, 11) is 0. The summed E-state index contributed by atoms with van der Waals surface area (Å²) >= 11 is 6.03. The summed E-state index contributed by atoms with van der Waals surface area (Å²) in [6, 6.07) is 0. The molecule has 2 aromatic rings. The molecular weight excluding hydrogens is 302 g/mol. The van der Waals surface area contributed by atoms with E-state index in [0.29, 0.717) is 12.4 Å². The fourth-order valence-corrected chi connectivity index (χ4v) is 2.16. The van der Waals surface area contributed by atoms with Gasteiger partial charge in [0.15, 0.2) is 0 Å². The summed E-state index contributed by atoms with van der Waals surface area (Å²) in [6.45, 7) is 7.32. The number of hydrogen-bond acceptors (Lipinski definition) is 4. The standard InChI is InChI=1S/C15H20ClN5O/c1-10(2)14-18-7-12(16)13(20-14)15(22)19-6-11(3)8-21-5-4-17-9-21/h4-5,7,9-11H,6,8H2,1-3H3,(H,19,22). The fourth-order valence-electron chi connectivity index (χ4n) is 1.99. The van der Waals surface area contributed by atoms with E-state index in [1.54, 1.807) is 12.5 Å². The smallest absolute Gasteiger partial charge is 0.271 e. The number of aromatic nitrogens is 4. The number of nitrogens with one attached hydrogen (secondary N) is 1. The molecule has 6 nitrogen and oxygen atoms in total. The maximum absolute atomic E-state index is 12.2. The van der Waals surface area contributed by atoms with Gasteiger partial charge in [0.2, 0.25) is 0 Å². The molecule has 1 amide bonds. The van der Waals surface area contributed by atoms with Crippen LogP contribution in [0, 0.1) is 5.92 Å². The lowest BCUT2D eigenvalue weighted by atomic mass is 10.1. The molecule has 0 bridgehead atoms. The Balaban J connectivity index is 1.95. The lowest BCUT2D eigenvalue weighted by Gasteiger charge is -2.14. The van der Waals surface area contributed by atoms with Crippen molar-refractivity contribution in [3.63, 3.8) is 0 Å². The third-order valence-electron chi connectivity index (χ3n) is 3.19. The number of carbonyl (C=O) groups is 1. The molecule has 1 atom stereocenters. The number of imidazole rings is 1. The van der Waals surface area contributed by atoms with E-state index in [2.05, 4.69) is 27.2 Å². The zero-order valence-corrected chi connectivity index (χ0v) is 13.7. The molecule has 2 aromatic heterocycles. The van der Waals surface area contributed by atoms with Crippen LogP contribution in [0.25, 0.3) is 0 Å². The average molecular weight is 322 g/mol. The summed E-state index contributed by atoms with van der Waals surface area (Å²) in [5, 5.41) is 3.14. The van der Waals surface area contributed by atoms with Crippen LogP contribution in [-0.4, -0.2) is 32.0 Å². The van der Waals surface area contributed by atoms with E-state index in [9.17, 15) is 4.79 Å². The van der Waals surface area contributed by atoms with Crippen molar-refractivity contribution in [1.29, 1.82) is 0 Å². The highest BCUT2D eigenvalue weighted by Crippen LogP contribution is 2.16. The van der Waals surface area contributed by atoms with Gasteiger partial charge in [0.25, 0.3) is 5.91 Å². The first-order valence-corrected chi connectivity index (χ1v) is 7.61. The molecule has 7 heteroatoms. The quantitative estimate of drug-likeness (QED) is 0.887. The average Bonchev–Trinajstić information content (AvgIpc) is 2.97. The van der Waals surface area contributed by atoms with Crippen molar-refractivity contribution in [2.45, 2.75) is 33.2 Å². The van der Waals surface area contributed by atoms with Gasteiger partial charge in [-0.2, -0.15) is 0 Å². The second-order valence-electron chi connectivity index (χ2n) is 5.65. The number of carbonyl (C=O) groups excluding carboxylic acids is 1. The van der Waals surface area contributed by atoms with Gasteiger partial charge in [-0.05, 0) is 5.92 Å². The Labute approximate surface area is 135 Å². The highest BCUT2D eigenvalue weighted by Gasteiger charge is 2.16. The van der Waals surface area contributed by atoms with Gasteiger partial charge in [-0.1, -0.05) is 32.4 Å². The van der Waals surface area contributed by atoms with E-state index in [0.717, 1.165) is 6.54 Å². The predicted octanol–water partition coefficient (Wildman–Crippen LogP) is 2.52. The highest BCUT2D eigenvalue weighted by molar-refractivity contribution is 6.33. The molecule has 0 saturated heterocycles. The van der Waals surface area contributed by atoms with Crippen LogP contribution < -0.4 is 5.32 Å². The van der Waals surface area contributed by atoms with Gasteiger partial charge >= 0.3 is 0 Å². The Morgan fingerprint density at radius 2 is 2.18 bits per heavy atom. The van der Waals surface area contributed by atoms with Crippen LogP contribution in [-0.2, 0) is 6.54 Å². The molecule has 0 radical (unpaired) electrons.